The van der Waals surface area contributed by atoms with E-state index in [1.807, 2.05) is 41.3 Å². The topological polar surface area (TPSA) is 72.6 Å². The van der Waals surface area contributed by atoms with E-state index < -0.39 is 0 Å². The number of hydrogen-bond donors (Lipinski definition) is 0. The molecule has 0 spiro atoms. The van der Waals surface area contributed by atoms with Crippen molar-refractivity contribution in [2.45, 2.75) is 24.4 Å². The van der Waals surface area contributed by atoms with Crippen molar-refractivity contribution < 1.29 is 9.53 Å². The van der Waals surface area contributed by atoms with Crippen LogP contribution < -0.4 is 4.74 Å². The minimum absolute atomic E-state index is 0.150. The number of aromatic nitrogens is 4. The molecule has 0 aliphatic carbocycles. The number of benzene rings is 1. The number of para-hydroxylation sites is 1. The molecule has 0 saturated carbocycles. The Bertz CT molecular complexity index is 952. The van der Waals surface area contributed by atoms with Crippen molar-refractivity contribution in [1.29, 1.82) is 0 Å². The fourth-order valence-electron chi connectivity index (χ4n) is 3.22. The number of amides is 1. The van der Waals surface area contributed by atoms with Gasteiger partial charge in [0.15, 0.2) is 5.65 Å². The molecule has 4 rings (SSSR count). The minimum atomic E-state index is 0.150. The molecule has 0 atom stereocenters. The van der Waals surface area contributed by atoms with Crippen LogP contribution in [0.1, 0.15) is 19.3 Å². The number of rotatable bonds is 5. The molecule has 0 N–H and O–H groups in total. The summed E-state index contributed by atoms with van der Waals surface area (Å²) < 4.78 is 7.12. The SMILES string of the molecule is COc1ccccc1-c1ccc2nnc(SCC(=O)N3CCCCC3)n2n1. The van der Waals surface area contributed by atoms with Crippen LogP contribution in [0.3, 0.4) is 0 Å². The number of carbonyl (C=O) groups is 1. The maximum atomic E-state index is 12.4. The molecule has 1 aliphatic heterocycles. The van der Waals surface area contributed by atoms with Crippen LogP contribution in [-0.2, 0) is 4.79 Å². The molecule has 1 aromatic carbocycles. The second-order valence-corrected chi connectivity index (χ2v) is 7.34. The monoisotopic (exact) mass is 383 g/mol. The highest BCUT2D eigenvalue weighted by molar-refractivity contribution is 7.99. The smallest absolute Gasteiger partial charge is 0.233 e. The van der Waals surface area contributed by atoms with Crippen LogP contribution in [-0.4, -0.2) is 56.6 Å². The van der Waals surface area contributed by atoms with Crippen molar-refractivity contribution in [2.24, 2.45) is 0 Å². The van der Waals surface area contributed by atoms with E-state index in [2.05, 4.69) is 15.3 Å². The first-order valence-corrected chi connectivity index (χ1v) is 10.0. The van der Waals surface area contributed by atoms with E-state index in [1.54, 1.807) is 11.6 Å². The largest absolute Gasteiger partial charge is 0.496 e. The van der Waals surface area contributed by atoms with Crippen molar-refractivity contribution in [1.82, 2.24) is 24.7 Å². The van der Waals surface area contributed by atoms with Crippen molar-refractivity contribution >= 4 is 23.3 Å². The number of likely N-dealkylation sites (tertiary alicyclic amines) is 1. The van der Waals surface area contributed by atoms with E-state index in [-0.39, 0.29) is 5.91 Å². The third-order valence-corrected chi connectivity index (χ3v) is 5.55. The van der Waals surface area contributed by atoms with Crippen molar-refractivity contribution in [3.05, 3.63) is 36.4 Å². The van der Waals surface area contributed by atoms with Gasteiger partial charge in [0.2, 0.25) is 11.1 Å². The van der Waals surface area contributed by atoms with Crippen LogP contribution in [0.5, 0.6) is 5.75 Å². The van der Waals surface area contributed by atoms with Gasteiger partial charge in [-0.15, -0.1) is 10.2 Å². The Balaban J connectivity index is 1.56. The van der Waals surface area contributed by atoms with Crippen LogP contribution in [0.15, 0.2) is 41.6 Å². The zero-order valence-electron chi connectivity index (χ0n) is 15.2. The van der Waals surface area contributed by atoms with E-state index >= 15 is 0 Å². The quantitative estimate of drug-likeness (QED) is 0.631. The van der Waals surface area contributed by atoms with Gasteiger partial charge >= 0.3 is 0 Å². The standard InChI is InChI=1S/C19H21N5O2S/c1-26-16-8-4-3-7-14(16)15-9-10-17-20-21-19(24(17)22-15)27-13-18(25)23-11-5-2-6-12-23/h3-4,7-10H,2,5-6,11-13H2,1H3. The van der Waals surface area contributed by atoms with E-state index in [1.165, 1.54) is 18.2 Å². The summed E-state index contributed by atoms with van der Waals surface area (Å²) in [6.07, 6.45) is 3.39. The highest BCUT2D eigenvalue weighted by atomic mass is 32.2. The molecule has 2 aromatic heterocycles. The Hall–Kier alpha value is -2.61. The average molecular weight is 383 g/mol. The van der Waals surface area contributed by atoms with Gasteiger partial charge in [-0.2, -0.15) is 9.61 Å². The first-order valence-electron chi connectivity index (χ1n) is 9.02. The summed E-state index contributed by atoms with van der Waals surface area (Å²) in [5, 5.41) is 13.6. The average Bonchev–Trinajstić information content (AvgIpc) is 3.14. The Morgan fingerprint density at radius 2 is 1.93 bits per heavy atom. The molecule has 1 saturated heterocycles. The van der Waals surface area contributed by atoms with Gasteiger partial charge in [-0.25, -0.2) is 0 Å². The molecular formula is C19H21N5O2S. The normalized spacial score (nSPS) is 14.5. The van der Waals surface area contributed by atoms with Crippen molar-refractivity contribution in [2.75, 3.05) is 26.0 Å². The fourth-order valence-corrected chi connectivity index (χ4v) is 4.01. The van der Waals surface area contributed by atoms with E-state index in [0.717, 1.165) is 42.9 Å². The molecule has 0 bridgehead atoms. The van der Waals surface area contributed by atoms with Gasteiger partial charge in [0, 0.05) is 18.7 Å². The molecule has 1 aliphatic rings. The Labute approximate surface area is 161 Å². The van der Waals surface area contributed by atoms with Crippen LogP contribution in [0.4, 0.5) is 0 Å². The highest BCUT2D eigenvalue weighted by Crippen LogP contribution is 2.28. The molecule has 140 valence electrons. The second-order valence-electron chi connectivity index (χ2n) is 6.40. The Morgan fingerprint density at radius 3 is 2.74 bits per heavy atom. The summed E-state index contributed by atoms with van der Waals surface area (Å²) in [4.78, 5) is 14.3. The first kappa shape index (κ1) is 17.8. The molecule has 3 heterocycles. The molecule has 8 heteroatoms. The summed E-state index contributed by atoms with van der Waals surface area (Å²) in [6, 6.07) is 11.5. The molecule has 7 nitrogen and oxygen atoms in total. The molecule has 3 aromatic rings. The predicted octanol–water partition coefficient (Wildman–Crippen LogP) is 2.90. The number of hydrogen-bond acceptors (Lipinski definition) is 6. The van der Waals surface area contributed by atoms with Gasteiger partial charge in [-0.3, -0.25) is 4.79 Å². The van der Waals surface area contributed by atoms with Gasteiger partial charge in [0.25, 0.3) is 0 Å². The van der Waals surface area contributed by atoms with E-state index in [0.29, 0.717) is 16.6 Å². The fraction of sp³-hybridized carbons (Fsp3) is 0.368. The lowest BCUT2D eigenvalue weighted by Gasteiger charge is -2.26. The Kier molecular flexibility index (Phi) is 5.24. The minimum Gasteiger partial charge on any atom is -0.496 e. The summed E-state index contributed by atoms with van der Waals surface area (Å²) in [7, 11) is 1.64. The predicted molar refractivity (Wildman–Crippen MR) is 104 cm³/mol. The lowest BCUT2D eigenvalue weighted by molar-refractivity contribution is -0.129. The molecule has 27 heavy (non-hydrogen) atoms. The zero-order chi connectivity index (χ0) is 18.6. The van der Waals surface area contributed by atoms with E-state index in [4.69, 9.17) is 4.74 Å². The van der Waals surface area contributed by atoms with Gasteiger partial charge in [-0.1, -0.05) is 23.9 Å². The maximum absolute atomic E-state index is 12.4. The van der Waals surface area contributed by atoms with Crippen molar-refractivity contribution in [3.8, 4) is 17.0 Å². The van der Waals surface area contributed by atoms with Crippen LogP contribution in [0.2, 0.25) is 0 Å². The number of piperidine rings is 1. The number of nitrogens with zero attached hydrogens (tertiary/aromatic N) is 5. The first-order chi connectivity index (χ1) is 13.3. The van der Waals surface area contributed by atoms with Gasteiger partial charge in [0.05, 0.1) is 18.6 Å². The van der Waals surface area contributed by atoms with Crippen LogP contribution >= 0.6 is 11.8 Å². The Morgan fingerprint density at radius 1 is 1.11 bits per heavy atom. The number of fused-ring (bicyclic) bond motifs is 1. The molecule has 0 radical (unpaired) electrons. The number of thioether (sulfide) groups is 1. The third-order valence-electron chi connectivity index (χ3n) is 4.65. The number of methoxy groups -OCH3 is 1. The molecule has 0 unspecified atom stereocenters. The zero-order valence-corrected chi connectivity index (χ0v) is 16.0. The number of carbonyl (C=O) groups excluding carboxylic acids is 1. The summed E-state index contributed by atoms with van der Waals surface area (Å²) in [6.45, 7) is 1.71. The van der Waals surface area contributed by atoms with Crippen LogP contribution in [0.25, 0.3) is 16.9 Å². The van der Waals surface area contributed by atoms with Gasteiger partial charge in [0.1, 0.15) is 5.75 Å². The lowest BCUT2D eigenvalue weighted by atomic mass is 10.1. The van der Waals surface area contributed by atoms with Gasteiger partial charge < -0.3 is 9.64 Å². The van der Waals surface area contributed by atoms with Crippen LogP contribution in [0, 0.1) is 0 Å². The third kappa shape index (κ3) is 3.75. The van der Waals surface area contributed by atoms with Crippen molar-refractivity contribution in [3.63, 3.8) is 0 Å². The second kappa shape index (κ2) is 7.96. The lowest BCUT2D eigenvalue weighted by Crippen LogP contribution is -2.36. The molecule has 1 amide bonds. The highest BCUT2D eigenvalue weighted by Gasteiger charge is 2.18. The maximum Gasteiger partial charge on any atom is 0.233 e. The molecular weight excluding hydrogens is 362 g/mol. The molecule has 1 fully saturated rings. The van der Waals surface area contributed by atoms with Gasteiger partial charge in [-0.05, 0) is 43.5 Å². The van der Waals surface area contributed by atoms with E-state index in [9.17, 15) is 4.79 Å². The summed E-state index contributed by atoms with van der Waals surface area (Å²) >= 11 is 1.38. The summed E-state index contributed by atoms with van der Waals surface area (Å²) in [5.74, 6) is 1.26. The summed E-state index contributed by atoms with van der Waals surface area (Å²) in [5.41, 5.74) is 2.32. The number of ether oxygens (including phenoxy) is 1.